The summed E-state index contributed by atoms with van der Waals surface area (Å²) in [7, 11) is 3.76. The van der Waals surface area contributed by atoms with E-state index >= 15 is 0 Å². The first kappa shape index (κ1) is 13.5. The maximum atomic E-state index is 4.26. The second-order valence-electron chi connectivity index (χ2n) is 7.18. The van der Waals surface area contributed by atoms with Gasteiger partial charge >= 0.3 is 0 Å². The Balaban J connectivity index is 1.92. The van der Waals surface area contributed by atoms with Crippen molar-refractivity contribution in [3.63, 3.8) is 0 Å². The average molecular weight is 268 g/mol. The van der Waals surface area contributed by atoms with Crippen LogP contribution in [0.3, 0.4) is 0 Å². The molecule has 0 unspecified atom stereocenters. The van der Waals surface area contributed by atoms with Crippen molar-refractivity contribution in [1.29, 1.82) is 0 Å². The van der Waals surface area contributed by atoms with Gasteiger partial charge in [-0.25, -0.2) is 0 Å². The highest BCUT2D eigenvalue weighted by Crippen LogP contribution is 2.42. The SMILES string of the molecule is CN=CC1(C)Cc2cc3c(cc2C1)CC(C)(C=NC)C3. The molecule has 20 heavy (non-hydrogen) atoms. The molecule has 2 nitrogen and oxygen atoms in total. The highest BCUT2D eigenvalue weighted by Gasteiger charge is 2.36. The van der Waals surface area contributed by atoms with E-state index in [4.69, 9.17) is 0 Å². The molecule has 0 spiro atoms. The minimum atomic E-state index is 0.223. The van der Waals surface area contributed by atoms with Crippen LogP contribution in [0.1, 0.15) is 36.1 Å². The van der Waals surface area contributed by atoms with E-state index in [1.54, 1.807) is 0 Å². The van der Waals surface area contributed by atoms with Crippen molar-refractivity contribution < 1.29 is 0 Å². The van der Waals surface area contributed by atoms with Gasteiger partial charge in [-0.1, -0.05) is 26.0 Å². The molecule has 2 aliphatic rings. The van der Waals surface area contributed by atoms with E-state index in [-0.39, 0.29) is 10.8 Å². The molecular weight excluding hydrogens is 244 g/mol. The molecule has 1 aromatic carbocycles. The Hall–Kier alpha value is -1.44. The molecule has 0 N–H and O–H groups in total. The first-order valence-electron chi connectivity index (χ1n) is 7.47. The molecule has 106 valence electrons. The molecule has 1 aromatic rings. The van der Waals surface area contributed by atoms with E-state index < -0.39 is 0 Å². The van der Waals surface area contributed by atoms with Crippen molar-refractivity contribution in [3.8, 4) is 0 Å². The third kappa shape index (κ3) is 2.21. The number of rotatable bonds is 2. The van der Waals surface area contributed by atoms with Crippen molar-refractivity contribution in [1.82, 2.24) is 0 Å². The van der Waals surface area contributed by atoms with Crippen LogP contribution in [0.15, 0.2) is 22.1 Å². The molecule has 3 rings (SSSR count). The summed E-state index contributed by atoms with van der Waals surface area (Å²) in [6.45, 7) is 4.64. The van der Waals surface area contributed by atoms with E-state index in [0.717, 1.165) is 25.7 Å². The first-order chi connectivity index (χ1) is 9.47. The average Bonchev–Trinajstić information content (AvgIpc) is 2.81. The summed E-state index contributed by atoms with van der Waals surface area (Å²) in [5.74, 6) is 0. The number of aliphatic imine (C=N–C) groups is 2. The van der Waals surface area contributed by atoms with Crippen molar-refractivity contribution in [3.05, 3.63) is 34.4 Å². The fraction of sp³-hybridized carbons (Fsp3) is 0.556. The Bertz CT molecular complexity index is 511. The van der Waals surface area contributed by atoms with Gasteiger partial charge in [0.15, 0.2) is 0 Å². The Labute approximate surface area is 122 Å². The lowest BCUT2D eigenvalue weighted by Gasteiger charge is -2.17. The third-order valence-corrected chi connectivity index (χ3v) is 4.78. The Morgan fingerprint density at radius 2 is 1.05 bits per heavy atom. The van der Waals surface area contributed by atoms with E-state index in [0.29, 0.717) is 0 Å². The largest absolute Gasteiger partial charge is 0.300 e. The summed E-state index contributed by atoms with van der Waals surface area (Å²) in [6, 6.07) is 4.91. The molecular formula is C18H24N2. The predicted octanol–water partition coefficient (Wildman–Crippen LogP) is 3.30. The lowest BCUT2D eigenvalue weighted by Crippen LogP contribution is -2.18. The number of fused-ring (bicyclic) bond motifs is 2. The summed E-state index contributed by atoms with van der Waals surface area (Å²) < 4.78 is 0. The Morgan fingerprint density at radius 3 is 1.30 bits per heavy atom. The summed E-state index contributed by atoms with van der Waals surface area (Å²) >= 11 is 0. The third-order valence-electron chi connectivity index (χ3n) is 4.78. The molecule has 0 bridgehead atoms. The summed E-state index contributed by atoms with van der Waals surface area (Å²) in [5.41, 5.74) is 6.57. The molecule has 0 fully saturated rings. The molecule has 0 saturated carbocycles. The van der Waals surface area contributed by atoms with Crippen LogP contribution in [0.2, 0.25) is 0 Å². The number of nitrogens with zero attached hydrogens (tertiary/aromatic N) is 2. The van der Waals surface area contributed by atoms with Crippen LogP contribution in [-0.2, 0) is 25.7 Å². The Morgan fingerprint density at radius 1 is 0.750 bits per heavy atom. The second-order valence-corrected chi connectivity index (χ2v) is 7.18. The monoisotopic (exact) mass is 268 g/mol. The molecule has 0 aromatic heterocycles. The van der Waals surface area contributed by atoms with Crippen LogP contribution >= 0.6 is 0 Å². The topological polar surface area (TPSA) is 24.7 Å². The molecule has 0 heterocycles. The summed E-state index contributed by atoms with van der Waals surface area (Å²) in [4.78, 5) is 8.51. The maximum absolute atomic E-state index is 4.26. The van der Waals surface area contributed by atoms with Gasteiger partial charge in [-0.3, -0.25) is 0 Å². The number of benzene rings is 1. The lowest BCUT2D eigenvalue weighted by molar-refractivity contribution is 0.506. The van der Waals surface area contributed by atoms with Crippen molar-refractivity contribution in [2.45, 2.75) is 39.5 Å². The molecule has 0 radical (unpaired) electrons. The zero-order chi connectivity index (χ0) is 14.4. The van der Waals surface area contributed by atoms with Gasteiger partial charge in [-0.05, 0) is 47.9 Å². The van der Waals surface area contributed by atoms with Gasteiger partial charge in [0, 0.05) is 37.4 Å². The van der Waals surface area contributed by atoms with Crippen molar-refractivity contribution in [2.75, 3.05) is 14.1 Å². The lowest BCUT2D eigenvalue weighted by atomic mass is 9.87. The molecule has 2 heteroatoms. The van der Waals surface area contributed by atoms with E-state index in [2.05, 4.69) is 48.4 Å². The zero-order valence-electron chi connectivity index (χ0n) is 13.0. The van der Waals surface area contributed by atoms with Crippen LogP contribution < -0.4 is 0 Å². The second kappa shape index (κ2) is 4.54. The van der Waals surface area contributed by atoms with Crippen molar-refractivity contribution >= 4 is 12.4 Å². The standard InChI is InChI=1S/C18H24N2/c1-17(11-19-3)7-13-5-15-9-18(2,12-20-4)10-16(15)6-14(13)8-17/h5-6,11-12H,7-10H2,1-4H3. The minimum absolute atomic E-state index is 0.223. The Kier molecular flexibility index (Phi) is 3.07. The zero-order valence-corrected chi connectivity index (χ0v) is 13.0. The van der Waals surface area contributed by atoms with Crippen LogP contribution in [-0.4, -0.2) is 26.5 Å². The highest BCUT2D eigenvalue weighted by molar-refractivity contribution is 5.71. The first-order valence-corrected chi connectivity index (χ1v) is 7.47. The fourth-order valence-corrected chi connectivity index (χ4v) is 4.12. The molecule has 0 atom stereocenters. The quantitative estimate of drug-likeness (QED) is 0.735. The molecule has 0 aliphatic heterocycles. The summed E-state index contributed by atoms with van der Waals surface area (Å²) in [6.07, 6.45) is 8.78. The smallest absolute Gasteiger partial charge is 0.0273 e. The maximum Gasteiger partial charge on any atom is 0.0273 e. The van der Waals surface area contributed by atoms with Gasteiger partial charge in [-0.15, -0.1) is 0 Å². The fourth-order valence-electron chi connectivity index (χ4n) is 4.12. The normalized spacial score (nSPS) is 22.6. The van der Waals surface area contributed by atoms with Gasteiger partial charge in [-0.2, -0.15) is 0 Å². The van der Waals surface area contributed by atoms with Gasteiger partial charge in [0.25, 0.3) is 0 Å². The van der Waals surface area contributed by atoms with E-state index in [1.807, 2.05) is 14.1 Å². The minimum Gasteiger partial charge on any atom is -0.300 e. The van der Waals surface area contributed by atoms with Crippen molar-refractivity contribution in [2.24, 2.45) is 20.8 Å². The number of hydrogen-bond donors (Lipinski definition) is 0. The van der Waals surface area contributed by atoms with E-state index in [1.165, 1.54) is 22.3 Å². The summed E-state index contributed by atoms with van der Waals surface area (Å²) in [5, 5.41) is 0. The molecule has 0 amide bonds. The van der Waals surface area contributed by atoms with Gasteiger partial charge in [0.2, 0.25) is 0 Å². The van der Waals surface area contributed by atoms with Crippen LogP contribution in [0.5, 0.6) is 0 Å². The van der Waals surface area contributed by atoms with Gasteiger partial charge in [0.05, 0.1) is 0 Å². The molecule has 2 aliphatic carbocycles. The van der Waals surface area contributed by atoms with E-state index in [9.17, 15) is 0 Å². The van der Waals surface area contributed by atoms with Crippen LogP contribution in [0.25, 0.3) is 0 Å². The number of hydrogen-bond acceptors (Lipinski definition) is 2. The van der Waals surface area contributed by atoms with Crippen LogP contribution in [0, 0.1) is 10.8 Å². The van der Waals surface area contributed by atoms with Crippen LogP contribution in [0.4, 0.5) is 0 Å². The molecule has 0 saturated heterocycles. The predicted molar refractivity (Wildman–Crippen MR) is 86.3 cm³/mol. The highest BCUT2D eigenvalue weighted by atomic mass is 14.7. The van der Waals surface area contributed by atoms with Gasteiger partial charge < -0.3 is 9.98 Å². The van der Waals surface area contributed by atoms with Gasteiger partial charge in [0.1, 0.15) is 0 Å².